The fraction of sp³-hybridized carbons (Fsp3) is 0.833. The molecule has 0 aliphatic rings. The first-order chi connectivity index (χ1) is 4.20. The van der Waals surface area contributed by atoms with Gasteiger partial charge >= 0.3 is 0 Å². The van der Waals surface area contributed by atoms with Crippen LogP contribution in [0.25, 0.3) is 0 Å². The summed E-state index contributed by atoms with van der Waals surface area (Å²) in [5, 5.41) is 2.76. The highest BCUT2D eigenvalue weighted by Crippen LogP contribution is 1.87. The van der Waals surface area contributed by atoms with Crippen molar-refractivity contribution in [2.45, 2.75) is 26.3 Å². The Labute approximate surface area is 61.4 Å². The molecule has 0 aromatic carbocycles. The third-order valence-corrected chi connectivity index (χ3v) is 1.45. The Bertz CT molecular complexity index is 95.1. The first-order valence-corrected chi connectivity index (χ1v) is 3.74. The van der Waals surface area contributed by atoms with Crippen molar-refractivity contribution in [3.63, 3.8) is 0 Å². The molecular weight excluding hydrogens is 134 g/mol. The second-order valence-electron chi connectivity index (χ2n) is 2.03. The summed E-state index contributed by atoms with van der Waals surface area (Å²) in [6.07, 6.45) is 0.972. The van der Waals surface area contributed by atoms with E-state index in [-0.39, 0.29) is 17.7 Å². The van der Waals surface area contributed by atoms with E-state index >= 15 is 0 Å². The summed E-state index contributed by atoms with van der Waals surface area (Å²) in [6.45, 7) is 4.00. The van der Waals surface area contributed by atoms with Crippen LogP contribution in [0.1, 0.15) is 20.3 Å². The second-order valence-corrected chi connectivity index (χ2v) is 2.35. The molecule has 1 unspecified atom stereocenters. The Morgan fingerprint density at radius 1 is 1.78 bits per heavy atom. The molecular formula is C6H13NOS. The summed E-state index contributed by atoms with van der Waals surface area (Å²) < 4.78 is 0. The van der Waals surface area contributed by atoms with Gasteiger partial charge in [-0.05, 0) is 13.3 Å². The van der Waals surface area contributed by atoms with E-state index < -0.39 is 0 Å². The van der Waals surface area contributed by atoms with Crippen LogP contribution >= 0.6 is 12.6 Å². The predicted molar refractivity (Wildman–Crippen MR) is 41.7 cm³/mol. The van der Waals surface area contributed by atoms with E-state index in [4.69, 9.17) is 0 Å². The Kier molecular flexibility index (Phi) is 4.58. The monoisotopic (exact) mass is 147 g/mol. The van der Waals surface area contributed by atoms with E-state index in [0.717, 1.165) is 6.42 Å². The molecule has 54 valence electrons. The van der Waals surface area contributed by atoms with E-state index in [1.807, 2.05) is 13.8 Å². The van der Waals surface area contributed by atoms with Gasteiger partial charge in [-0.15, -0.1) is 0 Å². The molecule has 0 radical (unpaired) electrons. The third kappa shape index (κ3) is 4.33. The average Bonchev–Trinajstić information content (AvgIpc) is 1.87. The number of nitrogens with one attached hydrogen (secondary N) is 1. The zero-order chi connectivity index (χ0) is 7.28. The fourth-order valence-corrected chi connectivity index (χ4v) is 0.514. The van der Waals surface area contributed by atoms with Crippen molar-refractivity contribution in [1.29, 1.82) is 0 Å². The van der Waals surface area contributed by atoms with Gasteiger partial charge < -0.3 is 5.32 Å². The van der Waals surface area contributed by atoms with E-state index in [1.165, 1.54) is 0 Å². The van der Waals surface area contributed by atoms with Crippen LogP contribution in [0.5, 0.6) is 0 Å². The summed E-state index contributed by atoms with van der Waals surface area (Å²) in [4.78, 5) is 10.6. The molecule has 1 N–H and O–H groups in total. The standard InChI is InChI=1S/C6H13NOS/c1-3-5(2)7-6(8)4-9/h5,9H,3-4H2,1-2H3,(H,7,8). The molecule has 1 amide bonds. The zero-order valence-electron chi connectivity index (χ0n) is 5.85. The summed E-state index contributed by atoms with van der Waals surface area (Å²) in [6, 6.07) is 0.282. The second kappa shape index (κ2) is 4.68. The first kappa shape index (κ1) is 8.82. The Morgan fingerprint density at radius 2 is 2.33 bits per heavy atom. The summed E-state index contributed by atoms with van der Waals surface area (Å²) in [5.41, 5.74) is 0. The number of thiol groups is 1. The number of amides is 1. The van der Waals surface area contributed by atoms with Crippen LogP contribution in [-0.2, 0) is 4.79 Å². The molecule has 0 bridgehead atoms. The summed E-state index contributed by atoms with van der Waals surface area (Å²) >= 11 is 3.82. The normalized spacial score (nSPS) is 12.8. The maximum Gasteiger partial charge on any atom is 0.229 e. The smallest absolute Gasteiger partial charge is 0.229 e. The van der Waals surface area contributed by atoms with Crippen molar-refractivity contribution in [2.24, 2.45) is 0 Å². The average molecular weight is 147 g/mol. The number of carbonyl (C=O) groups is 1. The van der Waals surface area contributed by atoms with Crippen molar-refractivity contribution < 1.29 is 4.79 Å². The van der Waals surface area contributed by atoms with Gasteiger partial charge in [-0.3, -0.25) is 4.79 Å². The van der Waals surface area contributed by atoms with Crippen molar-refractivity contribution in [2.75, 3.05) is 5.75 Å². The van der Waals surface area contributed by atoms with E-state index in [9.17, 15) is 4.79 Å². The lowest BCUT2D eigenvalue weighted by Gasteiger charge is -2.08. The van der Waals surface area contributed by atoms with Crippen LogP contribution in [-0.4, -0.2) is 17.7 Å². The molecule has 1 atom stereocenters. The third-order valence-electron chi connectivity index (χ3n) is 1.16. The molecule has 0 saturated carbocycles. The topological polar surface area (TPSA) is 29.1 Å². The molecule has 0 rings (SSSR count). The summed E-state index contributed by atoms with van der Waals surface area (Å²) in [7, 11) is 0. The predicted octanol–water partition coefficient (Wildman–Crippen LogP) is 0.831. The maximum absolute atomic E-state index is 10.6. The van der Waals surface area contributed by atoms with E-state index in [1.54, 1.807) is 0 Å². The molecule has 0 fully saturated rings. The van der Waals surface area contributed by atoms with Crippen LogP contribution in [0.4, 0.5) is 0 Å². The minimum absolute atomic E-state index is 0.00711. The number of hydrogen-bond acceptors (Lipinski definition) is 2. The first-order valence-electron chi connectivity index (χ1n) is 3.11. The van der Waals surface area contributed by atoms with Gasteiger partial charge in [0, 0.05) is 6.04 Å². The lowest BCUT2D eigenvalue weighted by Crippen LogP contribution is -2.32. The lowest BCUT2D eigenvalue weighted by atomic mass is 10.3. The van der Waals surface area contributed by atoms with Gasteiger partial charge in [-0.1, -0.05) is 6.92 Å². The Balaban J connectivity index is 3.34. The highest BCUT2D eigenvalue weighted by Gasteiger charge is 2.00. The Hall–Kier alpha value is -0.180. The van der Waals surface area contributed by atoms with Crippen LogP contribution in [0.2, 0.25) is 0 Å². The van der Waals surface area contributed by atoms with Crippen molar-refractivity contribution in [1.82, 2.24) is 5.32 Å². The van der Waals surface area contributed by atoms with E-state index in [2.05, 4.69) is 17.9 Å². The highest BCUT2D eigenvalue weighted by molar-refractivity contribution is 7.81. The van der Waals surface area contributed by atoms with Gasteiger partial charge in [0.15, 0.2) is 0 Å². The van der Waals surface area contributed by atoms with Crippen LogP contribution < -0.4 is 5.32 Å². The molecule has 0 spiro atoms. The molecule has 0 aliphatic carbocycles. The fourth-order valence-electron chi connectivity index (χ4n) is 0.423. The lowest BCUT2D eigenvalue weighted by molar-refractivity contribution is -0.119. The van der Waals surface area contributed by atoms with Gasteiger partial charge in [-0.2, -0.15) is 12.6 Å². The zero-order valence-corrected chi connectivity index (χ0v) is 6.74. The van der Waals surface area contributed by atoms with Gasteiger partial charge in [0.25, 0.3) is 0 Å². The van der Waals surface area contributed by atoms with Gasteiger partial charge in [0.2, 0.25) is 5.91 Å². The van der Waals surface area contributed by atoms with Crippen LogP contribution in [0, 0.1) is 0 Å². The van der Waals surface area contributed by atoms with Gasteiger partial charge in [-0.25, -0.2) is 0 Å². The largest absolute Gasteiger partial charge is 0.353 e. The maximum atomic E-state index is 10.6. The van der Waals surface area contributed by atoms with Crippen LogP contribution in [0.15, 0.2) is 0 Å². The van der Waals surface area contributed by atoms with Crippen molar-refractivity contribution in [3.05, 3.63) is 0 Å². The number of carbonyl (C=O) groups excluding carboxylic acids is 1. The highest BCUT2D eigenvalue weighted by atomic mass is 32.1. The molecule has 0 saturated heterocycles. The summed E-state index contributed by atoms with van der Waals surface area (Å²) in [5.74, 6) is 0.289. The van der Waals surface area contributed by atoms with Gasteiger partial charge in [0.05, 0.1) is 5.75 Å². The molecule has 2 nitrogen and oxygen atoms in total. The Morgan fingerprint density at radius 3 is 2.67 bits per heavy atom. The molecule has 0 aliphatic heterocycles. The quantitative estimate of drug-likeness (QED) is 0.569. The van der Waals surface area contributed by atoms with Gasteiger partial charge in [0.1, 0.15) is 0 Å². The van der Waals surface area contributed by atoms with E-state index in [0.29, 0.717) is 0 Å². The molecule has 0 heterocycles. The van der Waals surface area contributed by atoms with Crippen molar-refractivity contribution in [3.8, 4) is 0 Å². The SMILES string of the molecule is CCC(C)NC(=O)CS. The number of hydrogen-bond donors (Lipinski definition) is 2. The number of rotatable bonds is 3. The van der Waals surface area contributed by atoms with Crippen LogP contribution in [0.3, 0.4) is 0 Å². The van der Waals surface area contributed by atoms with Crippen molar-refractivity contribution >= 4 is 18.5 Å². The minimum atomic E-state index is 0.00711. The minimum Gasteiger partial charge on any atom is -0.353 e. The molecule has 0 aromatic rings. The molecule has 3 heteroatoms. The molecule has 9 heavy (non-hydrogen) atoms. The molecule has 0 aromatic heterocycles.